The summed E-state index contributed by atoms with van der Waals surface area (Å²) in [6.45, 7) is 3.68. The van der Waals surface area contributed by atoms with Crippen LogP contribution in [0.4, 0.5) is 0 Å². The maximum Gasteiger partial charge on any atom is 0.0242 e. The molecule has 0 bridgehead atoms. The van der Waals surface area contributed by atoms with Gasteiger partial charge in [0.05, 0.1) is 0 Å². The first-order valence-electron chi connectivity index (χ1n) is 4.68. The van der Waals surface area contributed by atoms with Gasteiger partial charge in [0.2, 0.25) is 0 Å². The fourth-order valence-corrected chi connectivity index (χ4v) is 3.01. The highest BCUT2D eigenvalue weighted by Gasteiger charge is 2.21. The lowest BCUT2D eigenvalue weighted by molar-refractivity contribution is 0.322. The predicted octanol–water partition coefficient (Wildman–Crippen LogP) is 2.96. The summed E-state index contributed by atoms with van der Waals surface area (Å²) in [4.78, 5) is 2.55. The van der Waals surface area contributed by atoms with Crippen molar-refractivity contribution in [3.05, 3.63) is 22.4 Å². The minimum absolute atomic E-state index is 0.874. The van der Waals surface area contributed by atoms with E-state index in [-0.39, 0.29) is 0 Å². The molecule has 1 atom stereocenters. The molecule has 3 heteroatoms. The van der Waals surface area contributed by atoms with Gasteiger partial charge in [0, 0.05) is 18.4 Å². The van der Waals surface area contributed by atoms with Gasteiger partial charge in [-0.15, -0.1) is 0 Å². The van der Waals surface area contributed by atoms with Crippen LogP contribution in [-0.2, 0) is 6.54 Å². The Kier molecular flexibility index (Phi) is 3.41. The fraction of sp³-hybridized carbons (Fsp3) is 0.600. The molecule has 1 aliphatic rings. The van der Waals surface area contributed by atoms with Crippen LogP contribution in [0.1, 0.15) is 12.0 Å². The molecule has 2 heterocycles. The van der Waals surface area contributed by atoms with Crippen molar-refractivity contribution in [2.45, 2.75) is 13.0 Å². The van der Waals surface area contributed by atoms with Gasteiger partial charge in [-0.25, -0.2) is 0 Å². The Bertz CT molecular complexity index is 247. The fourth-order valence-electron chi connectivity index (χ4n) is 1.82. The number of halogens is 1. The van der Waals surface area contributed by atoms with Gasteiger partial charge in [-0.2, -0.15) is 11.3 Å². The Morgan fingerprint density at radius 1 is 1.62 bits per heavy atom. The van der Waals surface area contributed by atoms with E-state index in [1.165, 1.54) is 25.1 Å². The van der Waals surface area contributed by atoms with Gasteiger partial charge in [-0.3, -0.25) is 4.90 Å². The van der Waals surface area contributed by atoms with Crippen molar-refractivity contribution < 1.29 is 0 Å². The third-order valence-corrected chi connectivity index (χ3v) is 4.22. The average Bonchev–Trinajstić information content (AvgIpc) is 2.76. The SMILES string of the molecule is BrCC1CCN(Cc2ccsc2)C1. The molecular formula is C10H14BrNS. The van der Waals surface area contributed by atoms with E-state index in [1.54, 1.807) is 11.3 Å². The maximum absolute atomic E-state index is 3.56. The zero-order chi connectivity index (χ0) is 9.10. The Morgan fingerprint density at radius 2 is 2.54 bits per heavy atom. The standard InChI is InChI=1S/C10H14BrNS/c11-5-9-1-3-12(6-9)7-10-2-4-13-8-10/h2,4,8-9H,1,3,5-7H2. The smallest absolute Gasteiger partial charge is 0.0242 e. The molecular weight excluding hydrogens is 246 g/mol. The predicted molar refractivity (Wildman–Crippen MR) is 61.5 cm³/mol. The van der Waals surface area contributed by atoms with E-state index in [0.29, 0.717) is 0 Å². The number of rotatable bonds is 3. The molecule has 0 aromatic carbocycles. The molecule has 13 heavy (non-hydrogen) atoms. The van der Waals surface area contributed by atoms with Gasteiger partial charge in [-0.05, 0) is 41.3 Å². The van der Waals surface area contributed by atoms with E-state index in [4.69, 9.17) is 0 Å². The van der Waals surface area contributed by atoms with Crippen LogP contribution in [-0.4, -0.2) is 23.3 Å². The van der Waals surface area contributed by atoms with E-state index in [1.807, 2.05) is 0 Å². The lowest BCUT2D eigenvalue weighted by Crippen LogP contribution is -2.19. The summed E-state index contributed by atoms with van der Waals surface area (Å²) in [6, 6.07) is 2.23. The van der Waals surface area contributed by atoms with E-state index in [0.717, 1.165) is 17.8 Å². The summed E-state index contributed by atoms with van der Waals surface area (Å²) in [5.74, 6) is 0.874. The van der Waals surface area contributed by atoms with E-state index >= 15 is 0 Å². The van der Waals surface area contributed by atoms with Crippen LogP contribution in [0.15, 0.2) is 16.8 Å². The van der Waals surface area contributed by atoms with Gasteiger partial charge in [0.1, 0.15) is 0 Å². The summed E-state index contributed by atoms with van der Waals surface area (Å²) in [5.41, 5.74) is 1.47. The van der Waals surface area contributed by atoms with E-state index in [9.17, 15) is 0 Å². The Morgan fingerprint density at radius 3 is 3.15 bits per heavy atom. The molecule has 1 aliphatic heterocycles. The van der Waals surface area contributed by atoms with Gasteiger partial charge in [0.15, 0.2) is 0 Å². The topological polar surface area (TPSA) is 3.24 Å². The average molecular weight is 260 g/mol. The van der Waals surface area contributed by atoms with E-state index < -0.39 is 0 Å². The van der Waals surface area contributed by atoms with Crippen LogP contribution in [0.2, 0.25) is 0 Å². The third kappa shape index (κ3) is 2.55. The maximum atomic E-state index is 3.56. The van der Waals surface area contributed by atoms with E-state index in [2.05, 4.69) is 37.7 Å². The Balaban J connectivity index is 1.84. The molecule has 0 saturated carbocycles. The molecule has 2 rings (SSSR count). The number of alkyl halides is 1. The molecule has 1 aromatic rings. The highest BCUT2D eigenvalue weighted by atomic mass is 79.9. The molecule has 0 N–H and O–H groups in total. The van der Waals surface area contributed by atoms with Crippen LogP contribution in [0.5, 0.6) is 0 Å². The molecule has 1 nitrogen and oxygen atoms in total. The second-order valence-electron chi connectivity index (χ2n) is 3.68. The highest BCUT2D eigenvalue weighted by molar-refractivity contribution is 9.09. The Labute approximate surface area is 91.9 Å². The van der Waals surface area contributed by atoms with Crippen LogP contribution in [0, 0.1) is 5.92 Å². The minimum atomic E-state index is 0.874. The normalized spacial score (nSPS) is 23.9. The largest absolute Gasteiger partial charge is 0.299 e. The van der Waals surface area contributed by atoms with Crippen molar-refractivity contribution in [2.24, 2.45) is 5.92 Å². The van der Waals surface area contributed by atoms with Gasteiger partial charge < -0.3 is 0 Å². The van der Waals surface area contributed by atoms with Crippen LogP contribution in [0.3, 0.4) is 0 Å². The Hall–Kier alpha value is 0.140. The number of nitrogens with zero attached hydrogens (tertiary/aromatic N) is 1. The van der Waals surface area contributed by atoms with Crippen molar-refractivity contribution in [3.63, 3.8) is 0 Å². The lowest BCUT2D eigenvalue weighted by atomic mass is 10.2. The summed E-state index contributed by atoms with van der Waals surface area (Å²) in [7, 11) is 0. The molecule has 0 radical (unpaired) electrons. The van der Waals surface area contributed by atoms with Crippen molar-refractivity contribution in [2.75, 3.05) is 18.4 Å². The molecule has 1 aromatic heterocycles. The van der Waals surface area contributed by atoms with Crippen molar-refractivity contribution in [1.82, 2.24) is 4.90 Å². The van der Waals surface area contributed by atoms with Gasteiger partial charge in [0.25, 0.3) is 0 Å². The number of hydrogen-bond acceptors (Lipinski definition) is 2. The quantitative estimate of drug-likeness (QED) is 0.755. The van der Waals surface area contributed by atoms with Gasteiger partial charge in [-0.1, -0.05) is 15.9 Å². The summed E-state index contributed by atoms with van der Waals surface area (Å²) in [6.07, 6.45) is 1.36. The molecule has 0 aliphatic carbocycles. The molecule has 1 fully saturated rings. The summed E-state index contributed by atoms with van der Waals surface area (Å²) in [5, 5.41) is 5.57. The summed E-state index contributed by atoms with van der Waals surface area (Å²) >= 11 is 5.35. The number of likely N-dealkylation sites (tertiary alicyclic amines) is 1. The van der Waals surface area contributed by atoms with Crippen molar-refractivity contribution >= 4 is 27.3 Å². The van der Waals surface area contributed by atoms with Crippen LogP contribution >= 0.6 is 27.3 Å². The monoisotopic (exact) mass is 259 g/mol. The number of thiophene rings is 1. The zero-order valence-electron chi connectivity index (χ0n) is 7.58. The third-order valence-electron chi connectivity index (χ3n) is 2.57. The number of hydrogen-bond donors (Lipinski definition) is 0. The van der Waals surface area contributed by atoms with Crippen molar-refractivity contribution in [1.29, 1.82) is 0 Å². The highest BCUT2D eigenvalue weighted by Crippen LogP contribution is 2.20. The molecule has 1 unspecified atom stereocenters. The molecule has 1 saturated heterocycles. The first-order chi connectivity index (χ1) is 6.38. The van der Waals surface area contributed by atoms with Crippen LogP contribution in [0.25, 0.3) is 0 Å². The summed E-state index contributed by atoms with van der Waals surface area (Å²) < 4.78 is 0. The first-order valence-corrected chi connectivity index (χ1v) is 6.74. The first kappa shape index (κ1) is 9.69. The molecule has 0 spiro atoms. The lowest BCUT2D eigenvalue weighted by Gasteiger charge is -2.13. The minimum Gasteiger partial charge on any atom is -0.299 e. The van der Waals surface area contributed by atoms with Gasteiger partial charge >= 0.3 is 0 Å². The van der Waals surface area contributed by atoms with Crippen LogP contribution < -0.4 is 0 Å². The zero-order valence-corrected chi connectivity index (χ0v) is 9.98. The van der Waals surface area contributed by atoms with Crippen molar-refractivity contribution in [3.8, 4) is 0 Å². The molecule has 72 valence electrons. The second-order valence-corrected chi connectivity index (χ2v) is 5.10. The molecule has 0 amide bonds. The second kappa shape index (κ2) is 4.58.